The SMILES string of the molecule is CN(CC(=O)NCCSSCCC(=O)O)c1ccccc1[N+](=O)[O-].O=C(O)C(F)(F)F. The van der Waals surface area contributed by atoms with E-state index in [9.17, 15) is 32.9 Å². The van der Waals surface area contributed by atoms with E-state index in [-0.39, 0.29) is 24.6 Å². The first-order chi connectivity index (χ1) is 14.4. The summed E-state index contributed by atoms with van der Waals surface area (Å²) in [5.41, 5.74) is 0.342. The minimum atomic E-state index is -5.08. The lowest BCUT2D eigenvalue weighted by atomic mass is 10.2. The maximum atomic E-state index is 11.9. The number of hydrogen-bond acceptors (Lipinski definition) is 8. The average molecular weight is 487 g/mol. The van der Waals surface area contributed by atoms with Gasteiger partial charge in [0.05, 0.1) is 17.9 Å². The van der Waals surface area contributed by atoms with Crippen molar-refractivity contribution in [3.8, 4) is 0 Å². The van der Waals surface area contributed by atoms with Crippen LogP contribution in [-0.2, 0) is 14.4 Å². The molecule has 0 bridgehead atoms. The molecule has 0 spiro atoms. The first-order valence-corrected chi connectivity index (χ1v) is 10.8. The summed E-state index contributed by atoms with van der Waals surface area (Å²) >= 11 is 0. The highest BCUT2D eigenvalue weighted by molar-refractivity contribution is 8.76. The second-order valence-corrected chi connectivity index (χ2v) is 8.24. The second-order valence-electron chi connectivity index (χ2n) is 5.54. The van der Waals surface area contributed by atoms with Crippen LogP contribution in [0.3, 0.4) is 0 Å². The summed E-state index contributed by atoms with van der Waals surface area (Å²) in [7, 11) is 4.57. The summed E-state index contributed by atoms with van der Waals surface area (Å²) in [5.74, 6) is -2.63. The van der Waals surface area contributed by atoms with Gasteiger partial charge in [0.25, 0.3) is 5.69 Å². The standard InChI is InChI=1S/C14H19N3O5S2.C2HF3O2/c1-16(11-4-2-3-5-12(11)17(21)22)10-13(18)15-7-9-24-23-8-6-14(19)20;3-2(4,5)1(6)7/h2-5H,6-10H2,1H3,(H,15,18)(H,19,20);(H,6,7). The molecule has 0 aliphatic carbocycles. The highest BCUT2D eigenvalue weighted by Crippen LogP contribution is 2.26. The minimum Gasteiger partial charge on any atom is -0.481 e. The molecule has 0 atom stereocenters. The van der Waals surface area contributed by atoms with Crippen LogP contribution in [-0.4, -0.2) is 70.8 Å². The van der Waals surface area contributed by atoms with Gasteiger partial charge >= 0.3 is 18.1 Å². The molecule has 31 heavy (non-hydrogen) atoms. The third-order valence-electron chi connectivity index (χ3n) is 3.10. The van der Waals surface area contributed by atoms with Crippen molar-refractivity contribution in [2.45, 2.75) is 12.6 Å². The highest BCUT2D eigenvalue weighted by Gasteiger charge is 2.38. The van der Waals surface area contributed by atoms with Crippen LogP contribution in [0, 0.1) is 10.1 Å². The largest absolute Gasteiger partial charge is 0.490 e. The first-order valence-electron chi connectivity index (χ1n) is 8.33. The maximum absolute atomic E-state index is 11.9. The molecule has 1 aromatic carbocycles. The molecule has 174 valence electrons. The normalized spacial score (nSPS) is 10.5. The van der Waals surface area contributed by atoms with E-state index in [1.165, 1.54) is 32.6 Å². The van der Waals surface area contributed by atoms with Gasteiger partial charge in [-0.05, 0) is 6.07 Å². The summed E-state index contributed by atoms with van der Waals surface area (Å²) in [6.45, 7) is 0.468. The highest BCUT2D eigenvalue weighted by atomic mass is 33.1. The molecule has 3 N–H and O–H groups in total. The van der Waals surface area contributed by atoms with Crippen LogP contribution in [0.1, 0.15) is 6.42 Å². The van der Waals surface area contributed by atoms with Crippen molar-refractivity contribution in [2.75, 3.05) is 36.5 Å². The Morgan fingerprint density at radius 2 is 1.71 bits per heavy atom. The molecule has 0 heterocycles. The molecule has 1 aromatic rings. The van der Waals surface area contributed by atoms with Gasteiger partial charge in [-0.2, -0.15) is 13.2 Å². The van der Waals surface area contributed by atoms with Gasteiger partial charge in [0, 0.05) is 31.2 Å². The van der Waals surface area contributed by atoms with E-state index in [2.05, 4.69) is 5.32 Å². The number of carboxylic acid groups (broad SMARTS) is 2. The Hall–Kier alpha value is -2.68. The number of carbonyl (C=O) groups is 3. The molecule has 1 amide bonds. The van der Waals surface area contributed by atoms with Crippen LogP contribution < -0.4 is 10.2 Å². The predicted octanol–water partition coefficient (Wildman–Crippen LogP) is 2.64. The van der Waals surface area contributed by atoms with Crippen LogP contribution >= 0.6 is 21.6 Å². The molecule has 10 nitrogen and oxygen atoms in total. The van der Waals surface area contributed by atoms with Crippen LogP contribution in [0.25, 0.3) is 0 Å². The quantitative estimate of drug-likeness (QED) is 0.184. The Kier molecular flexibility index (Phi) is 13.1. The number of alkyl halides is 3. The van der Waals surface area contributed by atoms with Crippen molar-refractivity contribution in [1.29, 1.82) is 0 Å². The Labute approximate surface area is 182 Å². The maximum Gasteiger partial charge on any atom is 0.490 e. The smallest absolute Gasteiger partial charge is 0.481 e. The molecule has 0 saturated carbocycles. The van der Waals surface area contributed by atoms with Crippen molar-refractivity contribution in [2.24, 2.45) is 0 Å². The second kappa shape index (κ2) is 14.3. The zero-order valence-corrected chi connectivity index (χ0v) is 17.8. The van der Waals surface area contributed by atoms with Crippen LogP contribution in [0.4, 0.5) is 24.5 Å². The summed E-state index contributed by atoms with van der Waals surface area (Å²) in [6.07, 6.45) is -4.97. The lowest BCUT2D eigenvalue weighted by Crippen LogP contribution is -2.36. The third-order valence-corrected chi connectivity index (χ3v) is 5.51. The van der Waals surface area contributed by atoms with Crippen LogP contribution in [0.5, 0.6) is 0 Å². The average Bonchev–Trinajstić information content (AvgIpc) is 2.66. The lowest BCUT2D eigenvalue weighted by Gasteiger charge is -2.18. The van der Waals surface area contributed by atoms with E-state index < -0.39 is 23.0 Å². The zero-order valence-electron chi connectivity index (χ0n) is 16.1. The molecule has 0 fully saturated rings. The Morgan fingerprint density at radius 3 is 2.23 bits per heavy atom. The zero-order chi connectivity index (χ0) is 24.0. The summed E-state index contributed by atoms with van der Waals surface area (Å²) in [4.78, 5) is 43.1. The fraction of sp³-hybridized carbons (Fsp3) is 0.438. The Balaban J connectivity index is 0.00000110. The fourth-order valence-electron chi connectivity index (χ4n) is 1.78. The first kappa shape index (κ1) is 28.3. The van der Waals surface area contributed by atoms with Crippen molar-refractivity contribution < 1.29 is 42.7 Å². The molecule has 0 unspecified atom stereocenters. The number of rotatable bonds is 11. The van der Waals surface area contributed by atoms with Gasteiger partial charge in [-0.15, -0.1) is 0 Å². The fourth-order valence-corrected chi connectivity index (χ4v) is 3.66. The monoisotopic (exact) mass is 487 g/mol. The molecule has 0 radical (unpaired) electrons. The number of likely N-dealkylation sites (N-methyl/N-ethyl adjacent to an activating group) is 1. The van der Waals surface area contributed by atoms with Gasteiger partial charge in [-0.3, -0.25) is 19.7 Å². The molecular formula is C16H20F3N3O7S2. The van der Waals surface area contributed by atoms with Gasteiger partial charge in [0.2, 0.25) is 5.91 Å². The van der Waals surface area contributed by atoms with Crippen molar-refractivity contribution in [3.05, 3.63) is 34.4 Å². The molecule has 1 rings (SSSR count). The van der Waals surface area contributed by atoms with Gasteiger partial charge in [-0.25, -0.2) is 4.79 Å². The number of amides is 1. The number of benzene rings is 1. The van der Waals surface area contributed by atoms with Gasteiger partial charge in [0.1, 0.15) is 5.69 Å². The van der Waals surface area contributed by atoms with Crippen molar-refractivity contribution in [3.63, 3.8) is 0 Å². The molecule has 0 aliphatic rings. The Bertz CT molecular complexity index is 766. The topological polar surface area (TPSA) is 150 Å². The summed E-state index contributed by atoms with van der Waals surface area (Å²) < 4.78 is 31.7. The molecule has 15 heteroatoms. The van der Waals surface area contributed by atoms with Crippen molar-refractivity contribution in [1.82, 2.24) is 5.32 Å². The molecule has 0 aromatic heterocycles. The molecular weight excluding hydrogens is 467 g/mol. The minimum absolute atomic E-state index is 0.0156. The summed E-state index contributed by atoms with van der Waals surface area (Å²) in [6, 6.07) is 6.26. The van der Waals surface area contributed by atoms with E-state index in [1.54, 1.807) is 25.2 Å². The van der Waals surface area contributed by atoms with Gasteiger partial charge in [-0.1, -0.05) is 33.7 Å². The summed E-state index contributed by atoms with van der Waals surface area (Å²) in [5, 5.41) is 29.3. The number of carbonyl (C=O) groups excluding carboxylic acids is 1. The molecule has 0 saturated heterocycles. The molecule has 0 aliphatic heterocycles. The number of carboxylic acids is 2. The van der Waals surface area contributed by atoms with Crippen molar-refractivity contribution >= 4 is 50.8 Å². The van der Waals surface area contributed by atoms with Gasteiger partial charge in [0.15, 0.2) is 0 Å². The number of nitrogens with one attached hydrogen (secondary N) is 1. The van der Waals surface area contributed by atoms with E-state index in [0.717, 1.165) is 0 Å². The number of anilines is 1. The number of aliphatic carboxylic acids is 2. The number of halogens is 3. The van der Waals surface area contributed by atoms with E-state index in [0.29, 0.717) is 23.7 Å². The Morgan fingerprint density at radius 1 is 1.16 bits per heavy atom. The third kappa shape index (κ3) is 13.3. The van der Waals surface area contributed by atoms with E-state index in [4.69, 9.17) is 15.0 Å². The van der Waals surface area contributed by atoms with Gasteiger partial charge < -0.3 is 20.4 Å². The number of para-hydroxylation sites is 2. The lowest BCUT2D eigenvalue weighted by molar-refractivity contribution is -0.384. The predicted molar refractivity (Wildman–Crippen MR) is 110 cm³/mol. The van der Waals surface area contributed by atoms with Crippen LogP contribution in [0.15, 0.2) is 24.3 Å². The number of nitrogens with zero attached hydrogens (tertiary/aromatic N) is 2. The number of nitro benzene ring substituents is 1. The van der Waals surface area contributed by atoms with E-state index in [1.807, 2.05) is 0 Å². The number of nitro groups is 1. The van der Waals surface area contributed by atoms with Crippen LogP contribution in [0.2, 0.25) is 0 Å². The van der Waals surface area contributed by atoms with E-state index >= 15 is 0 Å². The number of hydrogen-bond donors (Lipinski definition) is 3.